The van der Waals surface area contributed by atoms with Gasteiger partial charge in [-0.2, -0.15) is 4.31 Å². The molecule has 0 atom stereocenters. The number of para-hydroxylation sites is 1. The van der Waals surface area contributed by atoms with Gasteiger partial charge in [0, 0.05) is 24.2 Å². The van der Waals surface area contributed by atoms with Gasteiger partial charge in [-0.3, -0.25) is 9.36 Å². The lowest BCUT2D eigenvalue weighted by Gasteiger charge is -2.19. The molecule has 0 N–H and O–H groups in total. The molecule has 1 heterocycles. The second-order valence-electron chi connectivity index (χ2n) is 7.25. The van der Waals surface area contributed by atoms with E-state index in [1.807, 2.05) is 36.4 Å². The molecule has 3 aromatic carbocycles. The lowest BCUT2D eigenvalue weighted by atomic mass is 10.2. The van der Waals surface area contributed by atoms with Gasteiger partial charge in [-0.25, -0.2) is 8.42 Å². The zero-order valence-electron chi connectivity index (χ0n) is 17.5. The van der Waals surface area contributed by atoms with E-state index < -0.39 is 10.0 Å². The number of fused-ring (bicyclic) bond motifs is 1. The molecule has 0 amide bonds. The average Bonchev–Trinajstić information content (AvgIpc) is 3.09. The van der Waals surface area contributed by atoms with Gasteiger partial charge < -0.3 is 4.74 Å². The van der Waals surface area contributed by atoms with Crippen LogP contribution in [-0.4, -0.2) is 31.4 Å². The molecule has 166 valence electrons. The van der Waals surface area contributed by atoms with Crippen LogP contribution in [0.4, 0.5) is 0 Å². The highest BCUT2D eigenvalue weighted by atomic mass is 35.5. The van der Waals surface area contributed by atoms with Crippen LogP contribution in [0.1, 0.15) is 11.1 Å². The fraction of sp³-hybridized carbons (Fsp3) is 0.174. The van der Waals surface area contributed by atoms with Gasteiger partial charge in [0.25, 0.3) is 0 Å². The Balaban J connectivity index is 1.66. The molecule has 0 radical (unpaired) electrons. The van der Waals surface area contributed by atoms with E-state index in [2.05, 4.69) is 0 Å². The van der Waals surface area contributed by atoms with Crippen molar-refractivity contribution < 1.29 is 13.2 Å². The van der Waals surface area contributed by atoms with Crippen LogP contribution < -0.4 is 9.61 Å². The van der Waals surface area contributed by atoms with Crippen molar-refractivity contribution in [1.29, 1.82) is 0 Å². The van der Waals surface area contributed by atoms with Gasteiger partial charge in [0.15, 0.2) is 0 Å². The van der Waals surface area contributed by atoms with Gasteiger partial charge in [-0.15, -0.1) is 0 Å². The molecule has 1 aromatic heterocycles. The number of nitrogens with zero attached hydrogens (tertiary/aromatic N) is 2. The van der Waals surface area contributed by atoms with Crippen molar-refractivity contribution in [3.05, 3.63) is 92.5 Å². The summed E-state index contributed by atoms with van der Waals surface area (Å²) in [7, 11) is -0.694. The number of halogens is 1. The monoisotopic (exact) mass is 488 g/mol. The van der Waals surface area contributed by atoms with Crippen LogP contribution in [0.15, 0.2) is 76.4 Å². The van der Waals surface area contributed by atoms with Crippen LogP contribution in [0.5, 0.6) is 5.75 Å². The minimum absolute atomic E-state index is 0.133. The smallest absolute Gasteiger partial charge is 0.308 e. The van der Waals surface area contributed by atoms with Crippen molar-refractivity contribution in [1.82, 2.24) is 8.87 Å². The Hall–Kier alpha value is -2.65. The summed E-state index contributed by atoms with van der Waals surface area (Å²) in [5, 5.41) is 0.580. The van der Waals surface area contributed by atoms with Gasteiger partial charge in [-0.1, -0.05) is 59.3 Å². The lowest BCUT2D eigenvalue weighted by molar-refractivity contribution is 0.398. The van der Waals surface area contributed by atoms with Crippen LogP contribution in [-0.2, 0) is 23.1 Å². The third kappa shape index (κ3) is 4.31. The number of hydrogen-bond acceptors (Lipinski definition) is 5. The first-order chi connectivity index (χ1) is 15.3. The maximum Gasteiger partial charge on any atom is 0.308 e. The Morgan fingerprint density at radius 3 is 2.44 bits per heavy atom. The summed E-state index contributed by atoms with van der Waals surface area (Å²) in [5.74, 6) is 0.625. The zero-order valence-corrected chi connectivity index (χ0v) is 19.9. The summed E-state index contributed by atoms with van der Waals surface area (Å²) < 4.78 is 35.2. The van der Waals surface area contributed by atoms with E-state index in [9.17, 15) is 13.2 Å². The van der Waals surface area contributed by atoms with E-state index in [1.54, 1.807) is 35.9 Å². The van der Waals surface area contributed by atoms with Gasteiger partial charge in [0.2, 0.25) is 10.0 Å². The molecule has 4 rings (SSSR count). The number of thiazole rings is 1. The highest BCUT2D eigenvalue weighted by molar-refractivity contribution is 7.89. The Morgan fingerprint density at radius 2 is 1.72 bits per heavy atom. The molecule has 6 nitrogen and oxygen atoms in total. The van der Waals surface area contributed by atoms with Crippen molar-refractivity contribution in [3.8, 4) is 5.75 Å². The van der Waals surface area contributed by atoms with Gasteiger partial charge in [-0.05, 0) is 35.9 Å². The molecule has 32 heavy (non-hydrogen) atoms. The zero-order chi connectivity index (χ0) is 22.9. The molecule has 0 bridgehead atoms. The van der Waals surface area contributed by atoms with E-state index in [-0.39, 0.29) is 16.3 Å². The summed E-state index contributed by atoms with van der Waals surface area (Å²) in [4.78, 5) is 12.6. The Kier molecular flexibility index (Phi) is 6.39. The predicted molar refractivity (Wildman–Crippen MR) is 128 cm³/mol. The van der Waals surface area contributed by atoms with E-state index >= 15 is 0 Å². The number of hydrogen-bond donors (Lipinski definition) is 0. The second-order valence-corrected chi connectivity index (χ2v) is 10.7. The van der Waals surface area contributed by atoms with E-state index in [4.69, 9.17) is 16.3 Å². The van der Waals surface area contributed by atoms with E-state index in [1.165, 1.54) is 17.4 Å². The molecule has 0 aliphatic carbocycles. The number of methoxy groups -OCH3 is 1. The first-order valence-corrected chi connectivity index (χ1v) is 12.4. The molecule has 0 fully saturated rings. The molecule has 9 heteroatoms. The van der Waals surface area contributed by atoms with Crippen molar-refractivity contribution >= 4 is 43.2 Å². The van der Waals surface area contributed by atoms with Crippen molar-refractivity contribution in [2.45, 2.75) is 18.0 Å². The molecule has 0 unspecified atom stereocenters. The minimum atomic E-state index is -3.77. The molecule has 0 aliphatic rings. The van der Waals surface area contributed by atoms with Gasteiger partial charge >= 0.3 is 4.87 Å². The van der Waals surface area contributed by atoms with Crippen LogP contribution in [0.25, 0.3) is 10.2 Å². The van der Waals surface area contributed by atoms with Crippen LogP contribution >= 0.6 is 22.9 Å². The SMILES string of the molecule is COc1ccccc1CN(C)S(=O)(=O)c1ccc2c(c1)sc(=O)n2Cc1ccccc1Cl. The standard InChI is InChI=1S/C23H21ClN2O4S2/c1-25(14-17-8-4-6-10-21(17)30-2)32(28,29)18-11-12-20-22(13-18)31-23(27)26(20)15-16-7-3-5-9-19(16)24/h3-13H,14-15H2,1-2H3. The van der Waals surface area contributed by atoms with Crippen molar-refractivity contribution in [2.75, 3.05) is 14.2 Å². The van der Waals surface area contributed by atoms with E-state index in [0.717, 1.165) is 22.5 Å². The van der Waals surface area contributed by atoms with Gasteiger partial charge in [0.05, 0.1) is 28.8 Å². The maximum absolute atomic E-state index is 13.2. The third-order valence-electron chi connectivity index (χ3n) is 5.22. The number of sulfonamides is 1. The van der Waals surface area contributed by atoms with Crippen LogP contribution in [0.2, 0.25) is 5.02 Å². The molecule has 4 aromatic rings. The lowest BCUT2D eigenvalue weighted by Crippen LogP contribution is -2.26. The third-order valence-corrected chi connectivity index (χ3v) is 8.33. The van der Waals surface area contributed by atoms with Crippen LogP contribution in [0, 0.1) is 0 Å². The first kappa shape index (κ1) is 22.5. The van der Waals surface area contributed by atoms with E-state index in [0.29, 0.717) is 27.5 Å². The molecule has 0 saturated carbocycles. The number of rotatable bonds is 7. The van der Waals surface area contributed by atoms with Crippen LogP contribution in [0.3, 0.4) is 0 Å². The quantitative estimate of drug-likeness (QED) is 0.381. The minimum Gasteiger partial charge on any atom is -0.496 e. The number of benzene rings is 3. The first-order valence-electron chi connectivity index (χ1n) is 9.76. The summed E-state index contributed by atoms with van der Waals surface area (Å²) in [5.41, 5.74) is 2.26. The summed E-state index contributed by atoms with van der Waals surface area (Å²) in [6.45, 7) is 0.479. The second kappa shape index (κ2) is 9.07. The number of ether oxygens (including phenoxy) is 1. The summed E-state index contributed by atoms with van der Waals surface area (Å²) >= 11 is 7.26. The molecule has 0 aliphatic heterocycles. The Bertz CT molecular complexity index is 1440. The molecule has 0 saturated heterocycles. The van der Waals surface area contributed by atoms with Gasteiger partial charge in [0.1, 0.15) is 5.75 Å². The fourth-order valence-electron chi connectivity index (χ4n) is 3.49. The predicted octanol–water partition coefficient (Wildman–Crippen LogP) is 4.59. The Morgan fingerprint density at radius 1 is 1.03 bits per heavy atom. The molecule has 0 spiro atoms. The maximum atomic E-state index is 13.2. The largest absolute Gasteiger partial charge is 0.496 e. The summed E-state index contributed by atoms with van der Waals surface area (Å²) in [6, 6.07) is 19.4. The van der Waals surface area contributed by atoms with Crippen molar-refractivity contribution in [3.63, 3.8) is 0 Å². The Labute approximate surface area is 195 Å². The normalized spacial score (nSPS) is 11.9. The molecular formula is C23H21ClN2O4S2. The fourth-order valence-corrected chi connectivity index (χ4v) is 5.87. The average molecular weight is 489 g/mol. The summed E-state index contributed by atoms with van der Waals surface area (Å²) in [6.07, 6.45) is 0. The highest BCUT2D eigenvalue weighted by Crippen LogP contribution is 2.27. The molecular weight excluding hydrogens is 468 g/mol. The highest BCUT2D eigenvalue weighted by Gasteiger charge is 2.23. The number of aromatic nitrogens is 1. The topological polar surface area (TPSA) is 68.6 Å². The van der Waals surface area contributed by atoms with Crippen molar-refractivity contribution in [2.24, 2.45) is 0 Å².